The number of nitrogens with zero attached hydrogens (tertiary/aromatic N) is 1. The number of ether oxygens (including phenoxy) is 2. The van der Waals surface area contributed by atoms with Crippen LogP contribution in [0.1, 0.15) is 46.8 Å². The van der Waals surface area contributed by atoms with Crippen molar-refractivity contribution in [1.82, 2.24) is 0 Å². The molecule has 3 aromatic rings. The molecule has 0 bridgehead atoms. The molecule has 0 spiro atoms. The van der Waals surface area contributed by atoms with Crippen LogP contribution in [-0.4, -0.2) is 19.3 Å². The molecule has 6 nitrogen and oxygen atoms in total. The van der Waals surface area contributed by atoms with Crippen LogP contribution in [-0.2, 0) is 11.3 Å². The fraction of sp³-hybridized carbons (Fsp3) is 0.333. The van der Waals surface area contributed by atoms with E-state index >= 15 is 0 Å². The Labute approximate surface area is 175 Å². The van der Waals surface area contributed by atoms with Gasteiger partial charge >= 0.3 is 11.6 Å². The summed E-state index contributed by atoms with van der Waals surface area (Å²) in [4.78, 5) is 26.4. The maximum atomic E-state index is 12.2. The zero-order chi connectivity index (χ0) is 21.3. The Kier molecular flexibility index (Phi) is 5.48. The number of benzene rings is 2. The van der Waals surface area contributed by atoms with Crippen molar-refractivity contribution >= 4 is 22.6 Å². The van der Waals surface area contributed by atoms with Gasteiger partial charge in [-0.05, 0) is 62.2 Å². The Bertz CT molecular complexity index is 1150. The molecule has 0 unspecified atom stereocenters. The van der Waals surface area contributed by atoms with Crippen LogP contribution >= 0.6 is 0 Å². The summed E-state index contributed by atoms with van der Waals surface area (Å²) in [5, 5.41) is 0.918. The zero-order valence-electron chi connectivity index (χ0n) is 17.5. The van der Waals surface area contributed by atoms with Crippen molar-refractivity contribution in [2.24, 2.45) is 0 Å². The van der Waals surface area contributed by atoms with E-state index in [1.54, 1.807) is 19.1 Å². The van der Waals surface area contributed by atoms with E-state index in [1.165, 1.54) is 0 Å². The lowest BCUT2D eigenvalue weighted by molar-refractivity contribution is 0.0500. The molecular weight excluding hydrogens is 382 g/mol. The number of hydrogen-bond donors (Lipinski definition) is 0. The Morgan fingerprint density at radius 2 is 1.87 bits per heavy atom. The largest absolute Gasteiger partial charge is 0.473 e. The maximum Gasteiger partial charge on any atom is 0.339 e. The quantitative estimate of drug-likeness (QED) is 0.346. The standard InChI is InChI=1S/C24H25NO5/c1-4-5-12-28-24(27)17-6-8-18(9-7-17)25-13-20-21(29-14-25)11-10-19-15(2)16(3)23(26)30-22(19)20/h6-11H,4-5,12-14H2,1-3H3. The molecule has 0 aliphatic carbocycles. The number of carbonyl (C=O) groups excluding carboxylic acids is 1. The smallest absolute Gasteiger partial charge is 0.339 e. The van der Waals surface area contributed by atoms with Gasteiger partial charge in [-0.1, -0.05) is 13.3 Å². The number of carbonyl (C=O) groups is 1. The summed E-state index contributed by atoms with van der Waals surface area (Å²) < 4.78 is 16.8. The molecule has 2 aromatic carbocycles. The first-order valence-electron chi connectivity index (χ1n) is 10.2. The minimum absolute atomic E-state index is 0.311. The first-order chi connectivity index (χ1) is 14.5. The van der Waals surface area contributed by atoms with Gasteiger partial charge in [0.25, 0.3) is 0 Å². The van der Waals surface area contributed by atoms with E-state index in [9.17, 15) is 9.59 Å². The summed E-state index contributed by atoms with van der Waals surface area (Å²) in [6.45, 7) is 7.11. The first kappa shape index (κ1) is 20.0. The summed E-state index contributed by atoms with van der Waals surface area (Å²) in [7, 11) is 0. The highest BCUT2D eigenvalue weighted by Gasteiger charge is 2.23. The fourth-order valence-electron chi connectivity index (χ4n) is 3.58. The van der Waals surface area contributed by atoms with Crippen LogP contribution in [0.3, 0.4) is 0 Å². The molecule has 0 fully saturated rings. The summed E-state index contributed by atoms with van der Waals surface area (Å²) in [6.07, 6.45) is 1.84. The molecule has 1 aliphatic rings. The number of hydrogen-bond acceptors (Lipinski definition) is 6. The molecule has 156 valence electrons. The van der Waals surface area contributed by atoms with Gasteiger partial charge in [0, 0.05) is 16.6 Å². The van der Waals surface area contributed by atoms with E-state index in [1.807, 2.05) is 36.1 Å². The van der Waals surface area contributed by atoms with Gasteiger partial charge < -0.3 is 18.8 Å². The van der Waals surface area contributed by atoms with E-state index in [0.29, 0.717) is 36.6 Å². The van der Waals surface area contributed by atoms with Gasteiger partial charge in [-0.3, -0.25) is 0 Å². The monoisotopic (exact) mass is 407 g/mol. The number of unbranched alkanes of at least 4 members (excludes halogenated alkanes) is 1. The Morgan fingerprint density at radius 1 is 1.10 bits per heavy atom. The van der Waals surface area contributed by atoms with Crippen LogP contribution in [0.15, 0.2) is 45.6 Å². The van der Waals surface area contributed by atoms with Gasteiger partial charge in [0.2, 0.25) is 0 Å². The molecule has 0 atom stereocenters. The van der Waals surface area contributed by atoms with Gasteiger partial charge in [-0.25, -0.2) is 9.59 Å². The number of aryl methyl sites for hydroxylation is 1. The molecule has 0 N–H and O–H groups in total. The molecule has 0 saturated carbocycles. The van der Waals surface area contributed by atoms with E-state index in [-0.39, 0.29) is 11.6 Å². The third-order valence-corrected chi connectivity index (χ3v) is 5.61. The van der Waals surface area contributed by atoms with Crippen molar-refractivity contribution in [3.05, 3.63) is 69.1 Å². The molecule has 1 aromatic heterocycles. The van der Waals surface area contributed by atoms with Gasteiger partial charge in [0.15, 0.2) is 6.73 Å². The summed E-state index contributed by atoms with van der Waals surface area (Å²) in [5.41, 5.74) is 4.08. The summed E-state index contributed by atoms with van der Waals surface area (Å²) in [6, 6.07) is 11.1. The maximum absolute atomic E-state index is 12.2. The van der Waals surface area contributed by atoms with E-state index in [0.717, 1.165) is 40.8 Å². The second-order valence-corrected chi connectivity index (χ2v) is 7.57. The molecule has 0 radical (unpaired) electrons. The number of anilines is 1. The van der Waals surface area contributed by atoms with Crippen LogP contribution in [0, 0.1) is 13.8 Å². The van der Waals surface area contributed by atoms with Crippen LogP contribution in [0.25, 0.3) is 11.0 Å². The van der Waals surface area contributed by atoms with E-state index in [4.69, 9.17) is 13.9 Å². The zero-order valence-corrected chi connectivity index (χ0v) is 17.5. The van der Waals surface area contributed by atoms with E-state index in [2.05, 4.69) is 6.92 Å². The van der Waals surface area contributed by atoms with Crippen LogP contribution in [0.2, 0.25) is 0 Å². The Hall–Kier alpha value is -3.28. The van der Waals surface area contributed by atoms with Crippen LogP contribution in [0.5, 0.6) is 5.75 Å². The normalized spacial score (nSPS) is 13.1. The van der Waals surface area contributed by atoms with Crippen molar-refractivity contribution in [1.29, 1.82) is 0 Å². The predicted molar refractivity (Wildman–Crippen MR) is 115 cm³/mol. The van der Waals surface area contributed by atoms with Gasteiger partial charge in [0.1, 0.15) is 11.3 Å². The summed E-state index contributed by atoms with van der Waals surface area (Å²) in [5.74, 6) is 0.412. The van der Waals surface area contributed by atoms with Crippen molar-refractivity contribution in [2.45, 2.75) is 40.2 Å². The third kappa shape index (κ3) is 3.65. The molecule has 1 aliphatic heterocycles. The highest BCUT2D eigenvalue weighted by molar-refractivity contribution is 5.90. The molecule has 0 saturated heterocycles. The first-order valence-corrected chi connectivity index (χ1v) is 10.2. The van der Waals surface area contributed by atoms with Crippen molar-refractivity contribution in [2.75, 3.05) is 18.2 Å². The fourth-order valence-corrected chi connectivity index (χ4v) is 3.58. The lowest BCUT2D eigenvalue weighted by Crippen LogP contribution is -2.32. The van der Waals surface area contributed by atoms with Crippen molar-refractivity contribution in [3.8, 4) is 5.75 Å². The summed E-state index contributed by atoms with van der Waals surface area (Å²) >= 11 is 0. The van der Waals surface area contributed by atoms with Gasteiger partial charge in [-0.2, -0.15) is 0 Å². The number of rotatable bonds is 5. The lowest BCUT2D eigenvalue weighted by atomic mass is 10.0. The van der Waals surface area contributed by atoms with E-state index < -0.39 is 0 Å². The predicted octanol–water partition coefficient (Wildman–Crippen LogP) is 4.72. The van der Waals surface area contributed by atoms with Crippen LogP contribution in [0.4, 0.5) is 5.69 Å². The topological polar surface area (TPSA) is 69.0 Å². The second-order valence-electron chi connectivity index (χ2n) is 7.57. The number of fused-ring (bicyclic) bond motifs is 3. The molecular formula is C24H25NO5. The van der Waals surface area contributed by atoms with Gasteiger partial charge in [0.05, 0.1) is 24.3 Å². The minimum atomic E-state index is -0.323. The molecule has 6 heteroatoms. The number of esters is 1. The molecule has 2 heterocycles. The van der Waals surface area contributed by atoms with Crippen molar-refractivity contribution < 1.29 is 18.7 Å². The van der Waals surface area contributed by atoms with Crippen molar-refractivity contribution in [3.63, 3.8) is 0 Å². The van der Waals surface area contributed by atoms with Gasteiger partial charge in [-0.15, -0.1) is 0 Å². The second kappa shape index (κ2) is 8.22. The molecule has 0 amide bonds. The molecule has 30 heavy (non-hydrogen) atoms. The lowest BCUT2D eigenvalue weighted by Gasteiger charge is -2.31. The SMILES string of the molecule is CCCCOC(=O)c1ccc(N2COc3ccc4c(C)c(C)c(=O)oc4c3C2)cc1. The Balaban J connectivity index is 1.60. The Morgan fingerprint density at radius 3 is 2.60 bits per heavy atom. The van der Waals surface area contributed by atoms with Crippen LogP contribution < -0.4 is 15.3 Å². The minimum Gasteiger partial charge on any atom is -0.473 e. The highest BCUT2D eigenvalue weighted by Crippen LogP contribution is 2.35. The molecule has 4 rings (SSSR count). The average Bonchev–Trinajstić information content (AvgIpc) is 2.77. The average molecular weight is 407 g/mol. The highest BCUT2D eigenvalue weighted by atomic mass is 16.5. The third-order valence-electron chi connectivity index (χ3n) is 5.61.